The van der Waals surface area contributed by atoms with E-state index in [1.54, 1.807) is 6.07 Å². The monoisotopic (exact) mass is 504 g/mol. The summed E-state index contributed by atoms with van der Waals surface area (Å²) in [7, 11) is 1.00. The average molecular weight is 505 g/mol. The van der Waals surface area contributed by atoms with Gasteiger partial charge in [-0.2, -0.15) is 0 Å². The van der Waals surface area contributed by atoms with Gasteiger partial charge < -0.3 is 21.1 Å². The van der Waals surface area contributed by atoms with Gasteiger partial charge in [-0.1, -0.05) is 89.2 Å². The van der Waals surface area contributed by atoms with E-state index in [0.717, 1.165) is 23.8 Å². The van der Waals surface area contributed by atoms with Crippen molar-refractivity contribution in [3.05, 3.63) is 56.6 Å². The number of anilines is 1. The fraction of sp³-hybridized carbons (Fsp3) is 0.586. The third-order valence-corrected chi connectivity index (χ3v) is 5.74. The number of rotatable bonds is 1. The van der Waals surface area contributed by atoms with Crippen LogP contribution in [-0.4, -0.2) is 27.4 Å². The van der Waals surface area contributed by atoms with E-state index in [0.29, 0.717) is 11.3 Å². The molecule has 0 spiro atoms. The molecule has 0 saturated heterocycles. The van der Waals surface area contributed by atoms with Crippen LogP contribution in [0, 0.1) is 10.1 Å². The van der Waals surface area contributed by atoms with Crippen LogP contribution in [0.25, 0.3) is 0 Å². The molecule has 0 aliphatic heterocycles. The first-order valence-electron chi connectivity index (χ1n) is 12.1. The van der Waals surface area contributed by atoms with Crippen LogP contribution in [0.2, 0.25) is 0 Å². The predicted molar refractivity (Wildman–Crippen MR) is 150 cm³/mol. The molecule has 0 atom stereocenters. The maximum atomic E-state index is 11.0. The smallest absolute Gasteiger partial charge is 0.311 e. The molecule has 36 heavy (non-hydrogen) atoms. The van der Waals surface area contributed by atoms with Crippen molar-refractivity contribution in [1.29, 1.82) is 0 Å². The van der Waals surface area contributed by atoms with Gasteiger partial charge in [0, 0.05) is 30.5 Å². The minimum atomic E-state index is -0.528. The van der Waals surface area contributed by atoms with Crippen molar-refractivity contribution < 1.29 is 20.2 Å². The van der Waals surface area contributed by atoms with Crippen LogP contribution in [0.5, 0.6) is 11.5 Å². The van der Waals surface area contributed by atoms with Crippen molar-refractivity contribution in [2.45, 2.75) is 105 Å². The van der Waals surface area contributed by atoms with E-state index in [1.165, 1.54) is 6.07 Å². The van der Waals surface area contributed by atoms with Crippen LogP contribution in [0.1, 0.15) is 105 Å². The number of nitro benzene ring substituents is 1. The second-order valence-corrected chi connectivity index (χ2v) is 13.1. The zero-order chi connectivity index (χ0) is 29.0. The molecule has 0 unspecified atom stereocenters. The summed E-state index contributed by atoms with van der Waals surface area (Å²) in [6, 6.07) is 7.03. The van der Waals surface area contributed by atoms with Crippen molar-refractivity contribution in [2.75, 3.05) is 12.8 Å². The number of aliphatic hydroxyl groups excluding tert-OH is 1. The van der Waals surface area contributed by atoms with Crippen molar-refractivity contribution in [2.24, 2.45) is 0 Å². The Balaban J connectivity index is 0.000000640. The molecule has 2 aromatic carbocycles. The Kier molecular flexibility index (Phi) is 10.6. The maximum Gasteiger partial charge on any atom is 0.311 e. The number of hydrogen-bond donors (Lipinski definition) is 4. The number of phenolic OH excluding ortho intramolecular Hbond substituents is 2. The van der Waals surface area contributed by atoms with Gasteiger partial charge in [0.1, 0.15) is 5.75 Å². The van der Waals surface area contributed by atoms with Crippen LogP contribution >= 0.6 is 0 Å². The predicted octanol–water partition coefficient (Wildman–Crippen LogP) is 7.07. The minimum absolute atomic E-state index is 0.00220. The Bertz CT molecular complexity index is 1010. The highest BCUT2D eigenvalue weighted by molar-refractivity contribution is 5.58. The van der Waals surface area contributed by atoms with Gasteiger partial charge in [-0.15, -0.1) is 0 Å². The first-order chi connectivity index (χ1) is 16.0. The molecule has 5 N–H and O–H groups in total. The molecular weight excluding hydrogens is 456 g/mol. The standard InChI is InChI=1S/C14H21NO3.C14H23NO.CH4O/c1-13(2,3)9-7-10(14(4,5)6)12(16)11(8-9)15(17)18;1-13(2,3)9-7-10(14(4,5)6)12(16)8-11(9)15;1-2/h7-8,16H,1-6H3;7-8,16H,15H2,1-6H3;2H,1H3. The zero-order valence-corrected chi connectivity index (χ0v) is 24.5. The average Bonchev–Trinajstić information content (AvgIpc) is 2.66. The van der Waals surface area contributed by atoms with E-state index in [4.69, 9.17) is 10.8 Å². The van der Waals surface area contributed by atoms with Gasteiger partial charge in [-0.25, -0.2) is 0 Å². The van der Waals surface area contributed by atoms with Crippen molar-refractivity contribution in [3.8, 4) is 11.5 Å². The number of benzene rings is 2. The van der Waals surface area contributed by atoms with Crippen molar-refractivity contribution in [1.82, 2.24) is 0 Å². The number of aromatic hydroxyl groups is 2. The van der Waals surface area contributed by atoms with Gasteiger partial charge in [-0.05, 0) is 44.4 Å². The molecular formula is C29H48N2O5. The molecule has 2 aromatic rings. The third-order valence-electron chi connectivity index (χ3n) is 5.74. The highest BCUT2D eigenvalue weighted by Gasteiger charge is 2.29. The van der Waals surface area contributed by atoms with Gasteiger partial charge in [0.2, 0.25) is 0 Å². The Hall–Kier alpha value is -2.80. The summed E-state index contributed by atoms with van der Waals surface area (Å²) < 4.78 is 0. The molecule has 0 bridgehead atoms. The normalized spacial score (nSPS) is 12.2. The van der Waals surface area contributed by atoms with Gasteiger partial charge in [0.25, 0.3) is 0 Å². The fourth-order valence-corrected chi connectivity index (χ4v) is 3.62. The number of nitro groups is 1. The van der Waals surface area contributed by atoms with Gasteiger partial charge in [-0.3, -0.25) is 10.1 Å². The van der Waals surface area contributed by atoms with E-state index >= 15 is 0 Å². The summed E-state index contributed by atoms with van der Waals surface area (Å²) in [5.74, 6) is 0.0681. The topological polar surface area (TPSA) is 130 Å². The lowest BCUT2D eigenvalue weighted by Gasteiger charge is -2.27. The molecule has 0 amide bonds. The molecule has 2 rings (SSSR count). The minimum Gasteiger partial charge on any atom is -0.508 e. The maximum absolute atomic E-state index is 11.0. The van der Waals surface area contributed by atoms with Crippen molar-refractivity contribution >= 4 is 11.4 Å². The zero-order valence-electron chi connectivity index (χ0n) is 24.5. The lowest BCUT2D eigenvalue weighted by molar-refractivity contribution is -0.386. The summed E-state index contributed by atoms with van der Waals surface area (Å²) in [6.45, 7) is 24.4. The van der Waals surface area contributed by atoms with Crippen LogP contribution in [0.4, 0.5) is 11.4 Å². The molecule has 0 heterocycles. The number of aliphatic hydroxyl groups is 1. The molecule has 0 saturated carbocycles. The lowest BCUT2D eigenvalue weighted by Crippen LogP contribution is -2.18. The summed E-state index contributed by atoms with van der Waals surface area (Å²) in [5, 5.41) is 38.0. The van der Waals surface area contributed by atoms with Crippen LogP contribution < -0.4 is 5.73 Å². The number of nitrogens with two attached hydrogens (primary N) is 1. The van der Waals surface area contributed by atoms with Gasteiger partial charge >= 0.3 is 5.69 Å². The number of nitrogen functional groups attached to an aromatic ring is 1. The van der Waals surface area contributed by atoms with E-state index in [1.807, 2.05) is 53.7 Å². The number of hydrogen-bond acceptors (Lipinski definition) is 6. The molecule has 0 aliphatic carbocycles. The summed E-state index contributed by atoms with van der Waals surface area (Å²) in [5.41, 5.74) is 9.32. The molecule has 0 aromatic heterocycles. The van der Waals surface area contributed by atoms with E-state index < -0.39 is 4.92 Å². The van der Waals surface area contributed by atoms with Crippen molar-refractivity contribution in [3.63, 3.8) is 0 Å². The first-order valence-corrected chi connectivity index (χ1v) is 12.1. The molecule has 204 valence electrons. The summed E-state index contributed by atoms with van der Waals surface area (Å²) >= 11 is 0. The number of phenols is 2. The van der Waals surface area contributed by atoms with E-state index in [9.17, 15) is 20.3 Å². The lowest BCUT2D eigenvalue weighted by atomic mass is 9.79. The molecule has 0 radical (unpaired) electrons. The largest absolute Gasteiger partial charge is 0.508 e. The summed E-state index contributed by atoms with van der Waals surface area (Å²) in [4.78, 5) is 10.5. The number of nitrogens with zero attached hydrogens (tertiary/aromatic N) is 1. The van der Waals surface area contributed by atoms with E-state index in [2.05, 4.69) is 41.5 Å². The quantitative estimate of drug-likeness (QED) is 0.187. The second kappa shape index (κ2) is 11.5. The van der Waals surface area contributed by atoms with E-state index in [-0.39, 0.29) is 38.8 Å². The molecule has 7 heteroatoms. The van der Waals surface area contributed by atoms with Crippen LogP contribution in [0.15, 0.2) is 24.3 Å². The molecule has 0 aliphatic rings. The fourth-order valence-electron chi connectivity index (χ4n) is 3.62. The molecule has 0 fully saturated rings. The van der Waals surface area contributed by atoms with Crippen LogP contribution in [-0.2, 0) is 21.7 Å². The SMILES string of the molecule is CC(C)(C)c1cc(C(C)(C)C)c(O)cc1N.CC(C)(C)c1cc([N+](=O)[O-])c(O)c(C(C)(C)C)c1.CO. The first kappa shape index (κ1) is 33.2. The Morgan fingerprint density at radius 3 is 1.42 bits per heavy atom. The highest BCUT2D eigenvalue weighted by atomic mass is 16.6. The third kappa shape index (κ3) is 8.70. The second-order valence-electron chi connectivity index (χ2n) is 13.1. The van der Waals surface area contributed by atoms with Gasteiger partial charge in [0.05, 0.1) is 4.92 Å². The Morgan fingerprint density at radius 1 is 0.667 bits per heavy atom. The molecule has 7 nitrogen and oxygen atoms in total. The Morgan fingerprint density at radius 2 is 1.08 bits per heavy atom. The summed E-state index contributed by atoms with van der Waals surface area (Å²) in [6.07, 6.45) is 0. The van der Waals surface area contributed by atoms with Gasteiger partial charge in [0.15, 0.2) is 5.75 Å². The van der Waals surface area contributed by atoms with Crippen LogP contribution in [0.3, 0.4) is 0 Å². The highest BCUT2D eigenvalue weighted by Crippen LogP contribution is 2.41. The Labute approximate surface area is 217 Å².